The van der Waals surface area contributed by atoms with Crippen LogP contribution in [0.1, 0.15) is 29.9 Å². The van der Waals surface area contributed by atoms with Crippen LogP contribution in [0, 0.1) is 0 Å². The van der Waals surface area contributed by atoms with Gasteiger partial charge in [0.15, 0.2) is 0 Å². The first-order valence-corrected chi connectivity index (χ1v) is 7.14. The Hall–Kier alpha value is -2.43. The maximum atomic E-state index is 12.1. The first-order chi connectivity index (χ1) is 10.2. The molecular weight excluding hydrogens is 264 g/mol. The Morgan fingerprint density at radius 2 is 1.86 bits per heavy atom. The Labute approximate surface area is 125 Å². The number of rotatable bonds is 6. The molecular formula is C16H20N4O. The molecule has 1 aromatic carbocycles. The van der Waals surface area contributed by atoms with Crippen molar-refractivity contribution in [3.05, 3.63) is 53.9 Å². The summed E-state index contributed by atoms with van der Waals surface area (Å²) in [5.41, 5.74) is 1.45. The van der Waals surface area contributed by atoms with Crippen molar-refractivity contribution in [1.82, 2.24) is 15.3 Å². The molecule has 0 bridgehead atoms. The van der Waals surface area contributed by atoms with Crippen LogP contribution in [0.15, 0.2) is 42.6 Å². The first-order valence-electron chi connectivity index (χ1n) is 7.14. The Balaban J connectivity index is 2.04. The van der Waals surface area contributed by atoms with Crippen molar-refractivity contribution < 1.29 is 4.79 Å². The van der Waals surface area contributed by atoms with Gasteiger partial charge >= 0.3 is 0 Å². The molecule has 5 heteroatoms. The summed E-state index contributed by atoms with van der Waals surface area (Å²) in [5, 5.41) is 2.87. The fourth-order valence-electron chi connectivity index (χ4n) is 2.00. The number of hydrogen-bond acceptors (Lipinski definition) is 4. The average Bonchev–Trinajstić information content (AvgIpc) is 2.55. The molecule has 1 amide bonds. The maximum absolute atomic E-state index is 12.1. The highest BCUT2D eigenvalue weighted by Crippen LogP contribution is 2.07. The van der Waals surface area contributed by atoms with Gasteiger partial charge in [-0.3, -0.25) is 4.79 Å². The summed E-state index contributed by atoms with van der Waals surface area (Å²) < 4.78 is 0. The quantitative estimate of drug-likeness (QED) is 0.884. The number of amides is 1. The van der Waals surface area contributed by atoms with Gasteiger partial charge in [-0.05, 0) is 25.5 Å². The van der Waals surface area contributed by atoms with Gasteiger partial charge in [-0.1, -0.05) is 30.3 Å². The summed E-state index contributed by atoms with van der Waals surface area (Å²) in [4.78, 5) is 22.7. The molecule has 0 aliphatic heterocycles. The van der Waals surface area contributed by atoms with Crippen molar-refractivity contribution in [1.29, 1.82) is 0 Å². The van der Waals surface area contributed by atoms with E-state index in [1.54, 1.807) is 12.3 Å². The van der Waals surface area contributed by atoms with Crippen molar-refractivity contribution >= 4 is 11.9 Å². The van der Waals surface area contributed by atoms with Gasteiger partial charge < -0.3 is 10.2 Å². The van der Waals surface area contributed by atoms with E-state index in [2.05, 4.69) is 15.3 Å². The van der Waals surface area contributed by atoms with Gasteiger partial charge in [-0.25, -0.2) is 9.97 Å². The van der Waals surface area contributed by atoms with E-state index in [0.717, 1.165) is 18.7 Å². The van der Waals surface area contributed by atoms with Gasteiger partial charge in [-0.2, -0.15) is 0 Å². The van der Waals surface area contributed by atoms with Crippen LogP contribution in [-0.2, 0) is 6.54 Å². The van der Waals surface area contributed by atoms with Gasteiger partial charge in [0.05, 0.1) is 0 Å². The Morgan fingerprint density at radius 1 is 1.14 bits per heavy atom. The van der Waals surface area contributed by atoms with E-state index >= 15 is 0 Å². The number of carbonyl (C=O) groups excluding carboxylic acids is 1. The van der Waals surface area contributed by atoms with Crippen molar-refractivity contribution in [2.24, 2.45) is 0 Å². The van der Waals surface area contributed by atoms with Gasteiger partial charge in [0.1, 0.15) is 5.69 Å². The number of carbonyl (C=O) groups is 1. The Bertz CT molecular complexity index is 582. The van der Waals surface area contributed by atoms with Crippen LogP contribution in [-0.4, -0.2) is 29.0 Å². The normalized spacial score (nSPS) is 10.2. The Morgan fingerprint density at radius 3 is 2.52 bits per heavy atom. The fraction of sp³-hybridized carbons (Fsp3) is 0.312. The molecule has 0 atom stereocenters. The third-order valence-corrected chi connectivity index (χ3v) is 3.22. The van der Waals surface area contributed by atoms with E-state index in [9.17, 15) is 4.79 Å². The molecule has 0 radical (unpaired) electrons. The third kappa shape index (κ3) is 4.02. The molecule has 0 spiro atoms. The predicted molar refractivity (Wildman–Crippen MR) is 83.2 cm³/mol. The lowest BCUT2D eigenvalue weighted by molar-refractivity contribution is 0.0946. The molecule has 0 unspecified atom stereocenters. The zero-order chi connectivity index (χ0) is 15.1. The summed E-state index contributed by atoms with van der Waals surface area (Å²) in [7, 11) is 0. The molecule has 0 saturated heterocycles. The molecule has 1 aromatic heterocycles. The summed E-state index contributed by atoms with van der Waals surface area (Å²) in [6.07, 6.45) is 1.62. The van der Waals surface area contributed by atoms with Crippen LogP contribution in [0.4, 0.5) is 5.95 Å². The number of nitrogens with one attached hydrogen (secondary N) is 1. The summed E-state index contributed by atoms with van der Waals surface area (Å²) >= 11 is 0. The summed E-state index contributed by atoms with van der Waals surface area (Å²) in [6.45, 7) is 6.19. The van der Waals surface area contributed by atoms with E-state index < -0.39 is 0 Å². The third-order valence-electron chi connectivity index (χ3n) is 3.22. The molecule has 0 fully saturated rings. The number of nitrogens with zero attached hydrogens (tertiary/aromatic N) is 3. The van der Waals surface area contributed by atoms with Crippen LogP contribution in [0.2, 0.25) is 0 Å². The number of hydrogen-bond donors (Lipinski definition) is 1. The topological polar surface area (TPSA) is 58.1 Å². The number of benzene rings is 1. The van der Waals surface area contributed by atoms with Crippen molar-refractivity contribution in [3.8, 4) is 0 Å². The van der Waals surface area contributed by atoms with Gasteiger partial charge in [0.25, 0.3) is 5.91 Å². The maximum Gasteiger partial charge on any atom is 0.270 e. The second-order valence-electron chi connectivity index (χ2n) is 4.58. The van der Waals surface area contributed by atoms with Crippen LogP contribution in [0.3, 0.4) is 0 Å². The number of anilines is 1. The van der Waals surface area contributed by atoms with Crippen molar-refractivity contribution in [3.63, 3.8) is 0 Å². The van der Waals surface area contributed by atoms with E-state index in [-0.39, 0.29) is 5.91 Å². The molecule has 2 aromatic rings. The summed E-state index contributed by atoms with van der Waals surface area (Å²) in [6, 6.07) is 11.4. The SMILES string of the molecule is CCN(CC)c1nccc(C(=O)NCc2ccccc2)n1. The smallest absolute Gasteiger partial charge is 0.270 e. The predicted octanol–water partition coefficient (Wildman–Crippen LogP) is 2.25. The lowest BCUT2D eigenvalue weighted by atomic mass is 10.2. The monoisotopic (exact) mass is 284 g/mol. The second kappa shape index (κ2) is 7.38. The lowest BCUT2D eigenvalue weighted by Crippen LogP contribution is -2.27. The average molecular weight is 284 g/mol. The highest BCUT2D eigenvalue weighted by atomic mass is 16.1. The van der Waals surface area contributed by atoms with E-state index in [1.165, 1.54) is 0 Å². The zero-order valence-corrected chi connectivity index (χ0v) is 12.4. The molecule has 1 N–H and O–H groups in total. The highest BCUT2D eigenvalue weighted by molar-refractivity contribution is 5.92. The van der Waals surface area contributed by atoms with Crippen molar-refractivity contribution in [2.45, 2.75) is 20.4 Å². The number of aromatic nitrogens is 2. The summed E-state index contributed by atoms with van der Waals surface area (Å²) in [5.74, 6) is 0.405. The van der Waals surface area contributed by atoms with Crippen LogP contribution in [0.25, 0.3) is 0 Å². The first kappa shape index (κ1) is 15.0. The van der Waals surface area contributed by atoms with E-state index in [0.29, 0.717) is 18.2 Å². The standard InChI is InChI=1S/C16H20N4O/c1-3-20(4-2)16-17-11-10-14(19-16)15(21)18-12-13-8-6-5-7-9-13/h5-11H,3-4,12H2,1-2H3,(H,18,21). The highest BCUT2D eigenvalue weighted by Gasteiger charge is 2.11. The molecule has 0 saturated carbocycles. The Kier molecular flexibility index (Phi) is 5.26. The van der Waals surface area contributed by atoms with Gasteiger partial charge in [0, 0.05) is 25.8 Å². The largest absolute Gasteiger partial charge is 0.347 e. The molecule has 21 heavy (non-hydrogen) atoms. The minimum Gasteiger partial charge on any atom is -0.347 e. The molecule has 1 heterocycles. The minimum absolute atomic E-state index is 0.186. The molecule has 0 aliphatic carbocycles. The van der Waals surface area contributed by atoms with Crippen LogP contribution < -0.4 is 10.2 Å². The van der Waals surface area contributed by atoms with Gasteiger partial charge in [0.2, 0.25) is 5.95 Å². The van der Waals surface area contributed by atoms with Crippen molar-refractivity contribution in [2.75, 3.05) is 18.0 Å². The molecule has 5 nitrogen and oxygen atoms in total. The zero-order valence-electron chi connectivity index (χ0n) is 12.4. The molecule has 2 rings (SSSR count). The minimum atomic E-state index is -0.186. The fourth-order valence-corrected chi connectivity index (χ4v) is 2.00. The van der Waals surface area contributed by atoms with Crippen LogP contribution >= 0.6 is 0 Å². The molecule has 0 aliphatic rings. The van der Waals surface area contributed by atoms with Gasteiger partial charge in [-0.15, -0.1) is 0 Å². The van der Waals surface area contributed by atoms with E-state index in [4.69, 9.17) is 0 Å². The van der Waals surface area contributed by atoms with Crippen LogP contribution in [0.5, 0.6) is 0 Å². The van der Waals surface area contributed by atoms with E-state index in [1.807, 2.05) is 49.1 Å². The lowest BCUT2D eigenvalue weighted by Gasteiger charge is -2.18. The second-order valence-corrected chi connectivity index (χ2v) is 4.58. The molecule has 110 valence electrons.